The van der Waals surface area contributed by atoms with Crippen molar-refractivity contribution in [2.24, 2.45) is 11.3 Å². The molecule has 0 saturated heterocycles. The first kappa shape index (κ1) is 56.2. The third kappa shape index (κ3) is 105. The summed E-state index contributed by atoms with van der Waals surface area (Å²) in [5, 5.41) is 0. The number of carbonyl (C=O) groups excluding carboxylic acids is 4. The van der Waals surface area contributed by atoms with E-state index in [1.165, 1.54) is 0 Å². The summed E-state index contributed by atoms with van der Waals surface area (Å²) in [6.45, 7) is 23.1. The second-order valence-electron chi connectivity index (χ2n) is 5.41. The summed E-state index contributed by atoms with van der Waals surface area (Å²) < 4.78 is 0. The van der Waals surface area contributed by atoms with Crippen LogP contribution in [0.15, 0.2) is 0 Å². The fourth-order valence-corrected chi connectivity index (χ4v) is 1.05. The second kappa shape index (κ2) is 39.9. The van der Waals surface area contributed by atoms with Crippen molar-refractivity contribution in [3.05, 3.63) is 21.3 Å². The van der Waals surface area contributed by atoms with Crippen LogP contribution in [0.25, 0.3) is 0 Å². The Bertz CT molecular complexity index is 245. The molecule has 0 spiro atoms. The first-order valence-corrected chi connectivity index (χ1v) is 5.71. The van der Waals surface area contributed by atoms with Gasteiger partial charge >= 0.3 is 21.1 Å². The molecule has 8 heteroatoms. The molecule has 2 radical (unpaired) electrons. The number of Topliss-reactive ketones (excluding diaryl/α,β-unsaturated/α-hetero) is 2. The van der Waals surface area contributed by atoms with E-state index in [0.717, 1.165) is 0 Å². The molecule has 0 aromatic carbocycles. The zero-order chi connectivity index (χ0) is 16.6. The van der Waals surface area contributed by atoms with E-state index in [0.29, 0.717) is 18.8 Å². The minimum atomic E-state index is 0. The molecule has 4 nitrogen and oxygen atoms in total. The zero-order valence-electron chi connectivity index (χ0n) is 15.7. The van der Waals surface area contributed by atoms with E-state index in [2.05, 4.69) is 27.4 Å². The van der Waals surface area contributed by atoms with Gasteiger partial charge in [0.2, 0.25) is 0 Å². The summed E-state index contributed by atoms with van der Waals surface area (Å²) >= 11 is 0. The van der Waals surface area contributed by atoms with Gasteiger partial charge in [-0.3, -0.25) is 13.6 Å². The molecule has 138 valence electrons. The van der Waals surface area contributed by atoms with E-state index >= 15 is 0 Å². The molecule has 0 fully saturated rings. The summed E-state index contributed by atoms with van der Waals surface area (Å²) in [6, 6.07) is 0. The average Bonchev–Trinajstić information content (AvgIpc) is 2.18. The largest absolute Gasteiger partial charge is 2.00 e. The molecule has 0 unspecified atom stereocenters. The first-order valence-electron chi connectivity index (χ1n) is 5.71. The third-order valence-corrected chi connectivity index (χ3v) is 1.36. The Morgan fingerprint density at radius 3 is 1.17 bits per heavy atom. The average molecular weight is 831 g/mol. The van der Waals surface area contributed by atoms with Gasteiger partial charge in [-0.25, -0.2) is 0 Å². The molecule has 0 saturated carbocycles. The summed E-state index contributed by atoms with van der Waals surface area (Å²) in [6.07, 6.45) is 1.19. The Kier molecular flexibility index (Phi) is 93.5. The molecule has 0 aliphatic heterocycles. The van der Waals surface area contributed by atoms with Crippen LogP contribution in [0.3, 0.4) is 0 Å². The first-order chi connectivity index (χ1) is 8.54. The molecule has 0 aromatic heterocycles. The zero-order valence-corrected chi connectivity index (χ0v) is 27.2. The van der Waals surface area contributed by atoms with Gasteiger partial charge in [0.15, 0.2) is 0 Å². The van der Waals surface area contributed by atoms with Gasteiger partial charge in [0.25, 0.3) is 0 Å². The van der Waals surface area contributed by atoms with E-state index in [4.69, 9.17) is 9.59 Å². The van der Waals surface area contributed by atoms with Crippen LogP contribution < -0.4 is 0 Å². The van der Waals surface area contributed by atoms with Gasteiger partial charge in [0, 0.05) is 86.5 Å². The van der Waals surface area contributed by atoms with Gasteiger partial charge in [0.1, 0.15) is 0 Å². The van der Waals surface area contributed by atoms with Gasteiger partial charge in [-0.15, -0.1) is 0 Å². The number of ketones is 2. The number of hydrogen-bond acceptors (Lipinski definition) is 4. The van der Waals surface area contributed by atoms with Crippen LogP contribution in [0, 0.1) is 32.6 Å². The van der Waals surface area contributed by atoms with E-state index < -0.39 is 0 Å². The maximum atomic E-state index is 10.3. The van der Waals surface area contributed by atoms with Crippen molar-refractivity contribution in [2.75, 3.05) is 0 Å². The van der Waals surface area contributed by atoms with Gasteiger partial charge < -0.3 is 40.5 Å². The van der Waals surface area contributed by atoms with Crippen LogP contribution in [-0.2, 0) is 127 Å². The molecule has 0 heterocycles. The Hall–Kier alpha value is 2.00. The summed E-state index contributed by atoms with van der Waals surface area (Å²) in [4.78, 5) is 36.0. The molecule has 0 amide bonds. The molecule has 0 aromatic rings. The fraction of sp³-hybridized carbons (Fsp3) is 0.562. The molecule has 0 aliphatic rings. The normalized spacial score (nSPS) is 6.92. The monoisotopic (exact) mass is 831 g/mol. The maximum Gasteiger partial charge on any atom is 2.00 e. The van der Waals surface area contributed by atoms with Crippen molar-refractivity contribution >= 4 is 25.1 Å². The number of rotatable bonds is 3. The Morgan fingerprint density at radius 1 is 0.917 bits per heavy atom. The summed E-state index contributed by atoms with van der Waals surface area (Å²) in [5.74, 6) is 0.525. The van der Waals surface area contributed by atoms with Crippen molar-refractivity contribution < 1.29 is 127 Å². The molecular formula is C16H29O4W2Y2-3. The van der Waals surface area contributed by atoms with Crippen LogP contribution in [0.1, 0.15) is 47.5 Å². The van der Waals surface area contributed by atoms with E-state index in [1.54, 1.807) is 0 Å². The number of carbonyl (C=O) groups is 2. The molecule has 24 heavy (non-hydrogen) atoms. The Balaban J connectivity index is -0.0000000189. The number of hydrogen-bond donors (Lipinski definition) is 0. The SMILES string of the molecule is [CH-]=O.[CH-]=O.[CH2-]C(=O)CC(C)(C)C.[CH2-]C(=O)CC(C)C.[CH3-].[W+2].[W].[Y].[Y]. The predicted molar refractivity (Wildman–Crippen MR) is 84.2 cm³/mol. The van der Waals surface area contributed by atoms with Crippen LogP contribution in [0.5, 0.6) is 0 Å². The van der Waals surface area contributed by atoms with Crippen LogP contribution in [0.4, 0.5) is 0 Å². The standard InChI is InChI=1S/C7H13O.C6H11O.2CHO.CH3.2W.2Y/c1-6(8)5-7(2,3)4;1-5(2)4-6(3)7;2*1-2;;;;;/h1,5H2,2-4H3;5H,3-4H2,1-2H3;2*1H;1H3;;;;/q5*-1;;+2;;. The predicted octanol–water partition coefficient (Wildman–Crippen LogP) is 3.15. The Morgan fingerprint density at radius 2 is 1.17 bits per heavy atom. The molecule has 0 N–H and O–H groups in total. The van der Waals surface area contributed by atoms with Crippen molar-refractivity contribution in [3.8, 4) is 0 Å². The van der Waals surface area contributed by atoms with Gasteiger partial charge in [-0.1, -0.05) is 34.6 Å². The maximum absolute atomic E-state index is 10.3. The fourth-order valence-electron chi connectivity index (χ4n) is 1.05. The molecule has 0 rings (SSSR count). The van der Waals surface area contributed by atoms with Gasteiger partial charge in [-0.2, -0.15) is 0 Å². The van der Waals surface area contributed by atoms with E-state index in [-0.39, 0.29) is 132 Å². The van der Waals surface area contributed by atoms with Crippen LogP contribution in [0.2, 0.25) is 0 Å². The molecule has 0 atom stereocenters. The van der Waals surface area contributed by atoms with Crippen molar-refractivity contribution in [1.29, 1.82) is 0 Å². The van der Waals surface area contributed by atoms with Crippen molar-refractivity contribution in [3.63, 3.8) is 0 Å². The molecule has 0 bridgehead atoms. The van der Waals surface area contributed by atoms with Crippen LogP contribution in [-0.4, -0.2) is 25.1 Å². The van der Waals surface area contributed by atoms with Crippen molar-refractivity contribution in [1.82, 2.24) is 0 Å². The summed E-state index contributed by atoms with van der Waals surface area (Å²) in [7, 11) is 0. The molecular weight excluding hydrogens is 802 g/mol. The topological polar surface area (TPSA) is 68.3 Å². The van der Waals surface area contributed by atoms with E-state index in [1.807, 2.05) is 34.6 Å². The second-order valence-corrected chi connectivity index (χ2v) is 5.41. The minimum absolute atomic E-state index is 0. The van der Waals surface area contributed by atoms with E-state index in [9.17, 15) is 9.59 Å². The molecule has 0 aliphatic carbocycles. The third-order valence-electron chi connectivity index (χ3n) is 1.36. The van der Waals surface area contributed by atoms with Gasteiger partial charge in [-0.05, 0) is 35.7 Å². The minimum Gasteiger partial charge on any atom is -0.545 e. The summed E-state index contributed by atoms with van der Waals surface area (Å²) in [5.41, 5.74) is 0.110. The Labute approximate surface area is 228 Å². The van der Waals surface area contributed by atoms with Gasteiger partial charge in [0.05, 0.1) is 0 Å². The smallest absolute Gasteiger partial charge is 0.545 e. The quantitative estimate of drug-likeness (QED) is 0.324. The van der Waals surface area contributed by atoms with Crippen LogP contribution >= 0.6 is 0 Å². The van der Waals surface area contributed by atoms with Crippen molar-refractivity contribution in [2.45, 2.75) is 47.5 Å².